The van der Waals surface area contributed by atoms with Gasteiger partial charge in [0.05, 0.1) is 18.8 Å². The molecule has 14 atom stereocenters. The molecule has 0 aliphatic carbocycles. The number of aliphatic carboxylic acids is 2. The predicted octanol–water partition coefficient (Wildman–Crippen LogP) is -2.05. The molecule has 107 heavy (non-hydrogen) atoms. The maximum absolute atomic E-state index is 14.6. The van der Waals surface area contributed by atoms with Gasteiger partial charge in [-0.25, -0.2) is 4.98 Å². The largest absolute Gasteiger partial charge is 0.481 e. The lowest BCUT2D eigenvalue weighted by atomic mass is 9.88. The summed E-state index contributed by atoms with van der Waals surface area (Å²) in [6.45, 7) is 16.9. The number of Topliss-reactive ketones (excluding diaryl/α,β-unsaturated/α-hetero) is 1. The number of unbranched alkanes of at least 4 members (excludes halogenated alkanes) is 2. The fourth-order valence-electron chi connectivity index (χ4n) is 11.7. The van der Waals surface area contributed by atoms with E-state index in [-0.39, 0.29) is 145 Å². The van der Waals surface area contributed by atoms with Crippen molar-refractivity contribution in [2.45, 2.75) is 271 Å². The fraction of sp³-hybridized carbons (Fsp3) is 0.714. The minimum Gasteiger partial charge on any atom is -0.481 e. The second kappa shape index (κ2) is 49.1. The molecule has 23 N–H and O–H groups in total. The molecule has 0 aromatic carbocycles. The number of hydrogen-bond acceptors (Lipinski definition) is 19. The number of primary amides is 1. The first-order valence-corrected chi connectivity index (χ1v) is 37.0. The lowest BCUT2D eigenvalue weighted by Gasteiger charge is -2.30. The second-order valence-corrected chi connectivity index (χ2v) is 28.2. The van der Waals surface area contributed by atoms with Gasteiger partial charge < -0.3 is 102 Å². The molecule has 1 aliphatic rings. The molecule has 0 radical (unpaired) electrons. The van der Waals surface area contributed by atoms with Crippen LogP contribution in [0.15, 0.2) is 17.5 Å². The Morgan fingerprint density at radius 2 is 1.20 bits per heavy atom. The monoisotopic (exact) mass is 1510 g/mol. The van der Waals surface area contributed by atoms with Crippen LogP contribution in [0.5, 0.6) is 0 Å². The van der Waals surface area contributed by atoms with E-state index < -0.39 is 180 Å². The molecule has 0 spiro atoms. The van der Waals surface area contributed by atoms with Gasteiger partial charge in [-0.3, -0.25) is 81.7 Å². The third kappa shape index (κ3) is 35.9. The van der Waals surface area contributed by atoms with Crippen molar-refractivity contribution in [3.8, 4) is 0 Å². The summed E-state index contributed by atoms with van der Waals surface area (Å²) in [5.41, 5.74) is 23.0. The van der Waals surface area contributed by atoms with Gasteiger partial charge in [-0.1, -0.05) is 74.7 Å². The van der Waals surface area contributed by atoms with Crippen LogP contribution in [0.1, 0.15) is 203 Å². The first-order valence-electron chi connectivity index (χ1n) is 37.0. The van der Waals surface area contributed by atoms with Crippen LogP contribution in [-0.4, -0.2) is 207 Å². The Morgan fingerprint density at radius 3 is 1.76 bits per heavy atom. The number of rotatable bonds is 44. The van der Waals surface area contributed by atoms with Crippen molar-refractivity contribution >= 4 is 100 Å². The smallest absolute Gasteiger partial charge is 0.305 e. The molecule has 2 rings (SSSR count). The van der Waals surface area contributed by atoms with Crippen LogP contribution in [0.2, 0.25) is 0 Å². The summed E-state index contributed by atoms with van der Waals surface area (Å²) in [5, 5.41) is 51.0. The molecule has 1 aliphatic heterocycles. The number of aromatic nitrogens is 2. The fourth-order valence-corrected chi connectivity index (χ4v) is 11.7. The summed E-state index contributed by atoms with van der Waals surface area (Å²) in [6, 6.07) is -15.1. The minimum atomic E-state index is -1.94. The van der Waals surface area contributed by atoms with E-state index in [1.165, 1.54) is 26.4 Å². The van der Waals surface area contributed by atoms with E-state index in [2.05, 4.69) is 78.8 Å². The number of carboxylic acids is 2. The molecule has 13 amide bonds. The molecule has 37 nitrogen and oxygen atoms in total. The highest BCUT2D eigenvalue weighted by Gasteiger charge is 2.38. The SMILES string of the molecule is CC[C@H](C)[C@H](NC(=O)[C@@H](NC(=O)[C@H](CCC(=O)O)NC(=O)C(CCCCC(=O)[C@H](CC(C)C)NC(=O)[C@H](CCCCN)NC(=O)[C@H](CCCN=C(N)N)NC(=O)[C@H](CC(=O)O)NC(=O)[C@@H]1CCCCNC(=O)CC[C@@H](NC(C)=O)C(=O)N[C@@H](C)C(=O)N[C@@H](Cc2cnc[nH]2)C(=O)N1)C(C)C)[C@@H](C)CC)C(N)=O. The molecule has 602 valence electrons. The Hall–Kier alpha value is -9.84. The van der Waals surface area contributed by atoms with Crippen LogP contribution < -0.4 is 86.7 Å². The minimum absolute atomic E-state index is 0.0168. The van der Waals surface area contributed by atoms with Gasteiger partial charge in [-0.15, -0.1) is 0 Å². The molecule has 37 heteroatoms. The summed E-state index contributed by atoms with van der Waals surface area (Å²) < 4.78 is 0. The maximum Gasteiger partial charge on any atom is 0.305 e. The molecule has 0 bridgehead atoms. The Labute approximate surface area is 624 Å². The van der Waals surface area contributed by atoms with Gasteiger partial charge in [0.15, 0.2) is 11.7 Å². The van der Waals surface area contributed by atoms with Crippen molar-refractivity contribution < 1.29 is 86.9 Å². The van der Waals surface area contributed by atoms with E-state index in [1.54, 1.807) is 34.6 Å². The highest BCUT2D eigenvalue weighted by atomic mass is 16.4. The zero-order valence-electron chi connectivity index (χ0n) is 63.5. The van der Waals surface area contributed by atoms with Crippen LogP contribution in [0, 0.1) is 29.6 Å². The lowest BCUT2D eigenvalue weighted by molar-refractivity contribution is -0.142. The third-order valence-corrected chi connectivity index (χ3v) is 18.4. The topological polar surface area (TPSA) is 603 Å². The zero-order chi connectivity index (χ0) is 80.6. The van der Waals surface area contributed by atoms with E-state index in [0.717, 1.165) is 0 Å². The maximum atomic E-state index is 14.6. The predicted molar refractivity (Wildman–Crippen MR) is 392 cm³/mol. The van der Waals surface area contributed by atoms with Crippen LogP contribution >= 0.6 is 0 Å². The van der Waals surface area contributed by atoms with Crippen molar-refractivity contribution in [2.75, 3.05) is 19.6 Å². The van der Waals surface area contributed by atoms with Gasteiger partial charge >= 0.3 is 11.9 Å². The Kier molecular flexibility index (Phi) is 42.8. The number of guanidine groups is 1. The number of nitrogens with two attached hydrogens (primary N) is 4. The summed E-state index contributed by atoms with van der Waals surface area (Å²) >= 11 is 0. The van der Waals surface area contributed by atoms with E-state index in [0.29, 0.717) is 31.4 Å². The average Bonchev–Trinajstić information content (AvgIpc) is 1.39. The Balaban J connectivity index is 2.46. The molecule has 0 saturated carbocycles. The van der Waals surface area contributed by atoms with Gasteiger partial charge in [0, 0.05) is 63.5 Å². The summed E-state index contributed by atoms with van der Waals surface area (Å²) in [7, 11) is 0. The molecule has 2 heterocycles. The van der Waals surface area contributed by atoms with E-state index in [9.17, 15) is 86.9 Å². The first kappa shape index (κ1) is 93.2. The standard InChI is InChI=1S/C70H119N19O18/c1-11-39(7)57(59(72)97)88-69(107)58(40(8)12-2)89-66(104)49(26-28-55(93)94)81-61(99)44(38(5)6)20-13-14-24-53(91)50(32-37(3)4)85-64(102)45(21-15-17-29-71)82-63(101)47(23-19-31-77-70(73)74)84-68(106)52(34-56(95)96)87-65(103)46-22-16-18-30-76-54(92)27-25-48(80-42(10)90)62(100)79-41(9)60(98)86-51(67(105)83-46)33-43-35-75-36-78-43/h35-41,44-52,57-58H,11-34,71H2,1-10H3,(H2,72,97)(H,75,78)(H,76,92)(H,79,100)(H,80,90)(H,81,99)(H,82,101)(H,83,105)(H,84,106)(H,85,102)(H,86,98)(H,87,103)(H,88,107)(H,89,104)(H,93,94)(H,95,96)(H4,73,74,77)/t39-,40-,41-,44?,45-,46-,47-,48+,49-,50-,51-,52-,57-,58-/m0/s1. The first-order chi connectivity index (χ1) is 50.4. The molecule has 1 unspecified atom stereocenters. The van der Waals surface area contributed by atoms with Crippen molar-refractivity contribution in [3.05, 3.63) is 18.2 Å². The highest BCUT2D eigenvalue weighted by molar-refractivity contribution is 6.00. The number of aromatic amines is 1. The normalized spacial score (nSPS) is 18.9. The summed E-state index contributed by atoms with van der Waals surface area (Å²) in [6.07, 6.45) is 2.52. The molecule has 1 fully saturated rings. The number of nitrogens with one attached hydrogen (secondary N) is 13. The quantitative estimate of drug-likeness (QED) is 0.0190. The molecule has 1 saturated heterocycles. The zero-order valence-corrected chi connectivity index (χ0v) is 63.5. The van der Waals surface area contributed by atoms with Gasteiger partial charge in [0.2, 0.25) is 76.8 Å². The van der Waals surface area contributed by atoms with Crippen molar-refractivity contribution in [1.82, 2.24) is 73.8 Å². The van der Waals surface area contributed by atoms with Gasteiger partial charge in [0.1, 0.15) is 60.4 Å². The number of imidazole rings is 1. The third-order valence-electron chi connectivity index (χ3n) is 18.4. The number of hydrogen-bond donors (Lipinski definition) is 19. The van der Waals surface area contributed by atoms with E-state index in [1.807, 2.05) is 20.8 Å². The average molecular weight is 1510 g/mol. The summed E-state index contributed by atoms with van der Waals surface area (Å²) in [4.78, 5) is 228. The van der Waals surface area contributed by atoms with Crippen LogP contribution in [0.3, 0.4) is 0 Å². The molecule has 1 aromatic rings. The number of carbonyl (C=O) groups is 16. The number of amides is 13. The number of carboxylic acid groups (broad SMARTS) is 2. The Bertz CT molecular complexity index is 3170. The highest BCUT2D eigenvalue weighted by Crippen LogP contribution is 2.22. The lowest BCUT2D eigenvalue weighted by Crippen LogP contribution is -2.60. The van der Waals surface area contributed by atoms with Crippen molar-refractivity contribution in [3.63, 3.8) is 0 Å². The summed E-state index contributed by atoms with van der Waals surface area (Å²) in [5.74, 6) is -16.1. The van der Waals surface area contributed by atoms with Crippen LogP contribution in [0.4, 0.5) is 0 Å². The number of aliphatic imine (C=N–C) groups is 1. The van der Waals surface area contributed by atoms with E-state index >= 15 is 0 Å². The van der Waals surface area contributed by atoms with Crippen molar-refractivity contribution in [2.24, 2.45) is 57.5 Å². The van der Waals surface area contributed by atoms with Crippen LogP contribution in [-0.2, 0) is 83.1 Å². The molecular weight excluding hydrogens is 1390 g/mol. The van der Waals surface area contributed by atoms with Crippen molar-refractivity contribution in [1.29, 1.82) is 0 Å². The number of ketones is 1. The number of nitrogens with zero attached hydrogens (tertiary/aromatic N) is 2. The molecular formula is C70H119N19O18. The number of carbonyl (C=O) groups excluding carboxylic acids is 14. The molecule has 1 aromatic heterocycles. The van der Waals surface area contributed by atoms with Crippen LogP contribution in [0.25, 0.3) is 0 Å². The van der Waals surface area contributed by atoms with Gasteiger partial charge in [0.25, 0.3) is 0 Å². The van der Waals surface area contributed by atoms with E-state index in [4.69, 9.17) is 22.9 Å². The number of H-pyrrole nitrogens is 1. The van der Waals surface area contributed by atoms with Gasteiger partial charge in [-0.05, 0) is 121 Å². The van der Waals surface area contributed by atoms with Gasteiger partial charge in [-0.2, -0.15) is 0 Å². The second-order valence-electron chi connectivity index (χ2n) is 28.2. The Morgan fingerprint density at radius 1 is 0.617 bits per heavy atom.